The van der Waals surface area contributed by atoms with Gasteiger partial charge in [-0.15, -0.1) is 6.58 Å². The number of para-hydroxylation sites is 1. The van der Waals surface area contributed by atoms with Crippen LogP contribution in [0.15, 0.2) is 105 Å². The fraction of sp³-hybridized carbons (Fsp3) is 0.219. The second-order valence-corrected chi connectivity index (χ2v) is 11.2. The minimum atomic E-state index is -0.415. The van der Waals surface area contributed by atoms with Crippen molar-refractivity contribution in [1.82, 2.24) is 4.57 Å². The van der Waals surface area contributed by atoms with Gasteiger partial charge in [0.2, 0.25) is 0 Å². The zero-order valence-corrected chi connectivity index (χ0v) is 23.9. The highest BCUT2D eigenvalue weighted by molar-refractivity contribution is 9.10. The minimum Gasteiger partial charge on any atom is -0.444 e. The Kier molecular flexibility index (Phi) is 7.36. The number of nitrogens with zero attached hydrogens (tertiary/aromatic N) is 3. The normalized spacial score (nSPS) is 17.4. The predicted molar refractivity (Wildman–Crippen MR) is 163 cm³/mol. The number of nitrogens with one attached hydrogen (secondary N) is 1. The summed E-state index contributed by atoms with van der Waals surface area (Å²) in [6.45, 7) is 6.24. The Morgan fingerprint density at radius 3 is 2.61 bits per heavy atom. The summed E-state index contributed by atoms with van der Waals surface area (Å²) in [6.07, 6.45) is 2.69. The molecule has 1 N–H and O–H groups in total. The number of furan rings is 1. The van der Waals surface area contributed by atoms with Gasteiger partial charge in [0, 0.05) is 55.1 Å². The van der Waals surface area contributed by atoms with Gasteiger partial charge in [-0.05, 0) is 76.8 Å². The lowest BCUT2D eigenvalue weighted by atomic mass is 9.83. The quantitative estimate of drug-likeness (QED) is 0.262. The summed E-state index contributed by atoms with van der Waals surface area (Å²) in [5.74, 6) is 0.00200. The van der Waals surface area contributed by atoms with Crippen molar-refractivity contribution in [2.45, 2.75) is 18.9 Å². The molecule has 0 spiro atoms. The van der Waals surface area contributed by atoms with Gasteiger partial charge in [0.15, 0.2) is 10.4 Å². The van der Waals surface area contributed by atoms with Crippen LogP contribution < -0.4 is 20.7 Å². The summed E-state index contributed by atoms with van der Waals surface area (Å²) >= 11 is 3.25. The van der Waals surface area contributed by atoms with Crippen LogP contribution in [0.1, 0.15) is 38.9 Å². The Hall–Kier alpha value is -4.37. The van der Waals surface area contributed by atoms with Gasteiger partial charge in [0.25, 0.3) is 17.4 Å². The fourth-order valence-electron chi connectivity index (χ4n) is 5.96. The first kappa shape index (κ1) is 26.8. The summed E-state index contributed by atoms with van der Waals surface area (Å²) in [4.78, 5) is 43.4. The maximum atomic E-state index is 13.8. The zero-order valence-electron chi connectivity index (χ0n) is 22.3. The van der Waals surface area contributed by atoms with E-state index in [-0.39, 0.29) is 29.1 Å². The monoisotopic (exact) mass is 612 g/mol. The Morgan fingerprint density at radius 1 is 1.02 bits per heavy atom. The van der Waals surface area contributed by atoms with Gasteiger partial charge < -0.3 is 24.1 Å². The summed E-state index contributed by atoms with van der Waals surface area (Å²) in [5.41, 5.74) is 3.60. The number of hydrogen-bond acceptors (Lipinski definition) is 5. The topological polar surface area (TPSA) is 87.8 Å². The van der Waals surface area contributed by atoms with Crippen LogP contribution in [0, 0.1) is 5.92 Å². The summed E-state index contributed by atoms with van der Waals surface area (Å²) in [5, 5.41) is 3.00. The van der Waals surface area contributed by atoms with E-state index in [1.165, 1.54) is 0 Å². The second-order valence-electron chi connectivity index (χ2n) is 10.4. The van der Waals surface area contributed by atoms with Crippen molar-refractivity contribution in [3.8, 4) is 0 Å². The molecular weight excluding hydrogens is 584 g/mol. The van der Waals surface area contributed by atoms with Gasteiger partial charge in [0.1, 0.15) is 0 Å². The van der Waals surface area contributed by atoms with Gasteiger partial charge in [-0.3, -0.25) is 14.4 Å². The zero-order chi connectivity index (χ0) is 28.5. The number of pyridine rings is 1. The highest BCUT2D eigenvalue weighted by atomic mass is 79.9. The third-order valence-corrected chi connectivity index (χ3v) is 8.16. The Morgan fingerprint density at radius 2 is 1.85 bits per heavy atom. The summed E-state index contributed by atoms with van der Waals surface area (Å²) in [7, 11) is 0. The minimum absolute atomic E-state index is 0.0357. The highest BCUT2D eigenvalue weighted by Gasteiger charge is 2.35. The molecule has 2 atom stereocenters. The molecule has 208 valence electrons. The number of halogens is 1. The van der Waals surface area contributed by atoms with Crippen LogP contribution in [0.3, 0.4) is 0 Å². The largest absolute Gasteiger partial charge is 0.444 e. The number of fused-ring (bicyclic) bond motifs is 4. The predicted octanol–water partition coefficient (Wildman–Crippen LogP) is 5.91. The molecule has 1 saturated heterocycles. The first-order valence-electron chi connectivity index (χ1n) is 13.5. The molecule has 2 amide bonds. The fourth-order valence-corrected chi connectivity index (χ4v) is 6.26. The van der Waals surface area contributed by atoms with Crippen molar-refractivity contribution in [3.05, 3.63) is 124 Å². The molecule has 4 aromatic rings. The average Bonchev–Trinajstić information content (AvgIpc) is 3.43. The van der Waals surface area contributed by atoms with Crippen LogP contribution in [0.4, 0.5) is 17.1 Å². The van der Waals surface area contributed by atoms with E-state index in [9.17, 15) is 14.4 Å². The van der Waals surface area contributed by atoms with E-state index in [4.69, 9.17) is 4.42 Å². The second kappa shape index (κ2) is 11.2. The lowest BCUT2D eigenvalue weighted by Gasteiger charge is -2.44. The summed E-state index contributed by atoms with van der Waals surface area (Å²) in [6, 6.07) is 23.6. The lowest BCUT2D eigenvalue weighted by Crippen LogP contribution is -2.47. The molecule has 2 bridgehead atoms. The van der Waals surface area contributed by atoms with Crippen molar-refractivity contribution in [1.29, 1.82) is 0 Å². The van der Waals surface area contributed by atoms with Crippen LogP contribution in [0.2, 0.25) is 0 Å². The summed E-state index contributed by atoms with van der Waals surface area (Å²) < 4.78 is 7.84. The van der Waals surface area contributed by atoms with Crippen LogP contribution in [-0.4, -0.2) is 36.0 Å². The van der Waals surface area contributed by atoms with Gasteiger partial charge in [-0.1, -0.05) is 30.3 Å². The molecule has 6 rings (SSSR count). The molecule has 2 aromatic carbocycles. The smallest absolute Gasteiger partial charge is 0.291 e. The molecule has 2 aliphatic rings. The number of hydrogen-bond donors (Lipinski definition) is 1. The van der Waals surface area contributed by atoms with Crippen molar-refractivity contribution in [2.75, 3.05) is 34.8 Å². The molecule has 2 aromatic heterocycles. The van der Waals surface area contributed by atoms with E-state index in [1.54, 1.807) is 41.3 Å². The number of piperidine rings is 1. The van der Waals surface area contributed by atoms with E-state index in [0.29, 0.717) is 35.6 Å². The van der Waals surface area contributed by atoms with Gasteiger partial charge >= 0.3 is 0 Å². The van der Waals surface area contributed by atoms with E-state index < -0.39 is 5.91 Å². The lowest BCUT2D eigenvalue weighted by molar-refractivity contribution is 0.0982. The van der Waals surface area contributed by atoms with E-state index in [1.807, 2.05) is 53.1 Å². The first-order valence-corrected chi connectivity index (χ1v) is 14.3. The van der Waals surface area contributed by atoms with Crippen LogP contribution in [0.5, 0.6) is 0 Å². The number of amides is 2. The molecule has 9 heteroatoms. The Labute approximate surface area is 246 Å². The number of carbonyl (C=O) groups is 2. The Bertz CT molecular complexity index is 1680. The molecule has 41 heavy (non-hydrogen) atoms. The highest BCUT2D eigenvalue weighted by Crippen LogP contribution is 2.39. The molecule has 2 aliphatic heterocycles. The van der Waals surface area contributed by atoms with E-state index in [0.717, 1.165) is 30.0 Å². The van der Waals surface area contributed by atoms with Gasteiger partial charge in [-0.25, -0.2) is 0 Å². The van der Waals surface area contributed by atoms with Crippen molar-refractivity contribution < 1.29 is 14.0 Å². The van der Waals surface area contributed by atoms with E-state index in [2.05, 4.69) is 32.7 Å². The Balaban J connectivity index is 1.36. The number of carbonyl (C=O) groups excluding carboxylic acids is 2. The average molecular weight is 614 g/mol. The molecular formula is C32H29BrN4O4. The molecule has 2 unspecified atom stereocenters. The number of anilines is 3. The molecule has 0 aliphatic carbocycles. The van der Waals surface area contributed by atoms with Crippen molar-refractivity contribution in [3.63, 3.8) is 0 Å². The molecule has 0 saturated carbocycles. The van der Waals surface area contributed by atoms with Crippen LogP contribution in [0.25, 0.3) is 0 Å². The van der Waals surface area contributed by atoms with Crippen molar-refractivity contribution >= 4 is 44.8 Å². The van der Waals surface area contributed by atoms with Crippen molar-refractivity contribution in [2.24, 2.45) is 5.92 Å². The number of aromatic nitrogens is 1. The van der Waals surface area contributed by atoms with Gasteiger partial charge in [-0.2, -0.15) is 0 Å². The molecule has 1 fully saturated rings. The van der Waals surface area contributed by atoms with Crippen LogP contribution >= 0.6 is 15.9 Å². The maximum absolute atomic E-state index is 13.8. The molecule has 4 heterocycles. The maximum Gasteiger partial charge on any atom is 0.291 e. The molecule has 0 radical (unpaired) electrons. The third kappa shape index (κ3) is 5.37. The number of rotatable bonds is 7. The SMILES string of the molecule is C=CCN(C(=O)c1ccc(N2CC3CC(C2)c2cccc(=O)n2C3)c(NC(=O)c2ccc(Br)o2)c1)c1ccccc1. The number of benzene rings is 2. The van der Waals surface area contributed by atoms with Crippen LogP contribution in [-0.2, 0) is 6.54 Å². The first-order chi connectivity index (χ1) is 19.9. The standard InChI is InChI=1S/C32H29BrN4O4/c1-2-15-36(24-7-4-3-5-8-24)32(40)22-11-12-27(25(17-22)34-31(39)28-13-14-29(33)41-28)35-18-21-16-23(20-35)26-9-6-10-30(38)37(26)19-21/h2-14,17,21,23H,1,15-16,18-20H2,(H,34,39). The van der Waals surface area contributed by atoms with E-state index >= 15 is 0 Å². The van der Waals surface area contributed by atoms with Gasteiger partial charge in [0.05, 0.1) is 11.4 Å². The third-order valence-electron chi connectivity index (χ3n) is 7.73. The molecule has 8 nitrogen and oxygen atoms in total.